The van der Waals surface area contributed by atoms with E-state index in [1.54, 1.807) is 7.05 Å². The lowest BCUT2D eigenvalue weighted by molar-refractivity contribution is 0.0683. The smallest absolute Gasteiger partial charge is 0.375 e. The van der Waals surface area contributed by atoms with E-state index < -0.39 is 5.97 Å². The molecule has 0 fully saturated rings. The maximum atomic E-state index is 10.9. The molecular formula is C13H15N3O3. The van der Waals surface area contributed by atoms with E-state index in [2.05, 4.69) is 10.1 Å². The second-order valence-corrected chi connectivity index (χ2v) is 4.35. The van der Waals surface area contributed by atoms with Gasteiger partial charge in [0, 0.05) is 7.05 Å². The molecule has 1 heterocycles. The van der Waals surface area contributed by atoms with Crippen molar-refractivity contribution in [3.63, 3.8) is 0 Å². The monoisotopic (exact) mass is 261 g/mol. The average Bonchev–Trinajstić information content (AvgIpc) is 2.71. The first kappa shape index (κ1) is 13.1. The highest BCUT2D eigenvalue weighted by molar-refractivity contribution is 5.84. The number of aromatic nitrogens is 3. The van der Waals surface area contributed by atoms with Gasteiger partial charge in [-0.3, -0.25) is 0 Å². The number of carboxylic acids is 1. The predicted octanol–water partition coefficient (Wildman–Crippen LogP) is 1.97. The highest BCUT2D eigenvalue weighted by atomic mass is 16.5. The quantitative estimate of drug-likeness (QED) is 0.910. The van der Waals surface area contributed by atoms with E-state index in [1.165, 1.54) is 4.68 Å². The van der Waals surface area contributed by atoms with Crippen LogP contribution in [0.1, 0.15) is 24.5 Å². The number of aryl methyl sites for hydroxylation is 1. The Morgan fingerprint density at radius 2 is 2.05 bits per heavy atom. The third-order valence-electron chi connectivity index (χ3n) is 2.44. The fourth-order valence-corrected chi connectivity index (χ4v) is 1.72. The molecule has 0 saturated carbocycles. The molecule has 0 radical (unpaired) electrons. The van der Waals surface area contributed by atoms with E-state index in [-0.39, 0.29) is 11.9 Å². The van der Waals surface area contributed by atoms with Crippen LogP contribution in [0.15, 0.2) is 24.3 Å². The van der Waals surface area contributed by atoms with Crippen molar-refractivity contribution in [2.45, 2.75) is 20.0 Å². The van der Waals surface area contributed by atoms with Crippen LogP contribution >= 0.6 is 0 Å². The molecule has 0 atom stereocenters. The molecule has 19 heavy (non-hydrogen) atoms. The molecule has 6 nitrogen and oxygen atoms in total. The third kappa shape index (κ3) is 2.73. The van der Waals surface area contributed by atoms with Gasteiger partial charge in [-0.2, -0.15) is 0 Å². The minimum Gasteiger partial charge on any atom is -0.490 e. The normalized spacial score (nSPS) is 10.7. The number of hydrogen-bond donors (Lipinski definition) is 1. The summed E-state index contributed by atoms with van der Waals surface area (Å²) in [5.74, 6) is -0.250. The first-order valence-corrected chi connectivity index (χ1v) is 5.89. The zero-order chi connectivity index (χ0) is 14.0. The summed E-state index contributed by atoms with van der Waals surface area (Å²) in [6.45, 7) is 3.85. The number of para-hydroxylation sites is 1. The van der Waals surface area contributed by atoms with Crippen LogP contribution in [0, 0.1) is 0 Å². The molecular weight excluding hydrogens is 246 g/mol. The van der Waals surface area contributed by atoms with E-state index in [9.17, 15) is 4.79 Å². The predicted molar refractivity (Wildman–Crippen MR) is 69.2 cm³/mol. The van der Waals surface area contributed by atoms with Gasteiger partial charge in [-0.25, -0.2) is 14.5 Å². The lowest BCUT2D eigenvalue weighted by atomic mass is 10.2. The maximum absolute atomic E-state index is 10.9. The van der Waals surface area contributed by atoms with Crippen molar-refractivity contribution in [1.82, 2.24) is 14.8 Å². The summed E-state index contributed by atoms with van der Waals surface area (Å²) in [6, 6.07) is 7.35. The number of ether oxygens (including phenoxy) is 1. The lowest BCUT2D eigenvalue weighted by Gasteiger charge is -2.13. The molecule has 0 spiro atoms. The van der Waals surface area contributed by atoms with Crippen molar-refractivity contribution in [2.24, 2.45) is 7.05 Å². The molecule has 0 saturated heterocycles. The largest absolute Gasteiger partial charge is 0.490 e. The average molecular weight is 261 g/mol. The summed E-state index contributed by atoms with van der Waals surface area (Å²) in [6.07, 6.45) is 0.0216. The molecule has 1 aromatic heterocycles. The third-order valence-corrected chi connectivity index (χ3v) is 2.44. The number of hydrogen-bond acceptors (Lipinski definition) is 4. The van der Waals surface area contributed by atoms with Gasteiger partial charge in [0.05, 0.1) is 11.7 Å². The van der Waals surface area contributed by atoms with Crippen LogP contribution in [0.2, 0.25) is 0 Å². The zero-order valence-corrected chi connectivity index (χ0v) is 11.0. The molecule has 0 unspecified atom stereocenters. The highest BCUT2D eigenvalue weighted by Gasteiger charge is 2.17. The van der Waals surface area contributed by atoms with E-state index in [0.717, 1.165) is 5.56 Å². The van der Waals surface area contributed by atoms with Gasteiger partial charge in [0.1, 0.15) is 5.75 Å². The number of nitrogens with zero attached hydrogens (tertiary/aromatic N) is 3. The zero-order valence-electron chi connectivity index (χ0n) is 11.0. The molecule has 0 aliphatic heterocycles. The van der Waals surface area contributed by atoms with Gasteiger partial charge in [0.25, 0.3) is 5.82 Å². The minimum absolute atomic E-state index is 0.0216. The molecule has 100 valence electrons. The molecule has 0 aliphatic carbocycles. The van der Waals surface area contributed by atoms with Crippen molar-refractivity contribution >= 4 is 5.97 Å². The molecule has 0 bridgehead atoms. The van der Waals surface area contributed by atoms with Gasteiger partial charge in [-0.15, -0.1) is 5.10 Å². The number of benzene rings is 1. The Labute approximate surface area is 110 Å². The number of carboxylic acid groups (broad SMARTS) is 1. The van der Waals surface area contributed by atoms with E-state index in [4.69, 9.17) is 9.84 Å². The van der Waals surface area contributed by atoms with Crippen LogP contribution in [0.25, 0.3) is 11.4 Å². The molecule has 6 heteroatoms. The molecule has 1 N–H and O–H groups in total. The standard InChI is InChI=1S/C13H15N3O3/c1-8(2)19-10-7-5-4-6-9(10)12-14-11(13(17)18)15-16(12)3/h4-8H,1-3H3,(H,17,18). The van der Waals surface area contributed by atoms with E-state index in [0.29, 0.717) is 11.6 Å². The van der Waals surface area contributed by atoms with Crippen LogP contribution in [-0.2, 0) is 7.05 Å². The van der Waals surface area contributed by atoms with Gasteiger partial charge in [0.15, 0.2) is 5.82 Å². The van der Waals surface area contributed by atoms with Crippen LogP contribution in [0.5, 0.6) is 5.75 Å². The van der Waals surface area contributed by atoms with Crippen molar-refractivity contribution in [2.75, 3.05) is 0 Å². The van der Waals surface area contributed by atoms with Crippen LogP contribution in [-0.4, -0.2) is 31.9 Å². The topological polar surface area (TPSA) is 77.2 Å². The summed E-state index contributed by atoms with van der Waals surface area (Å²) in [5.41, 5.74) is 0.721. The van der Waals surface area contributed by atoms with E-state index in [1.807, 2.05) is 38.1 Å². The Bertz CT molecular complexity index is 605. The Kier molecular flexibility index (Phi) is 3.50. The second kappa shape index (κ2) is 5.09. The van der Waals surface area contributed by atoms with Crippen LogP contribution in [0.3, 0.4) is 0 Å². The van der Waals surface area contributed by atoms with Gasteiger partial charge < -0.3 is 9.84 Å². The fourth-order valence-electron chi connectivity index (χ4n) is 1.72. The molecule has 2 rings (SSSR count). The Hall–Kier alpha value is -2.37. The first-order chi connectivity index (χ1) is 8.99. The molecule has 2 aromatic rings. The number of rotatable bonds is 4. The first-order valence-electron chi connectivity index (χ1n) is 5.89. The summed E-state index contributed by atoms with van der Waals surface area (Å²) in [5, 5.41) is 12.8. The van der Waals surface area contributed by atoms with E-state index >= 15 is 0 Å². The molecule has 0 amide bonds. The summed E-state index contributed by atoms with van der Waals surface area (Å²) in [4.78, 5) is 14.9. The van der Waals surface area contributed by atoms with Crippen LogP contribution < -0.4 is 4.74 Å². The minimum atomic E-state index is -1.15. The SMILES string of the molecule is CC(C)Oc1ccccc1-c1nc(C(=O)O)nn1C. The van der Waals surface area contributed by atoms with Crippen molar-refractivity contribution in [3.8, 4) is 17.1 Å². The fraction of sp³-hybridized carbons (Fsp3) is 0.308. The van der Waals surface area contributed by atoms with Gasteiger partial charge in [-0.05, 0) is 26.0 Å². The summed E-state index contributed by atoms with van der Waals surface area (Å²) >= 11 is 0. The van der Waals surface area contributed by atoms with Gasteiger partial charge >= 0.3 is 5.97 Å². The Morgan fingerprint density at radius 1 is 1.37 bits per heavy atom. The Balaban J connectivity index is 2.49. The van der Waals surface area contributed by atoms with Crippen LogP contribution in [0.4, 0.5) is 0 Å². The molecule has 1 aromatic carbocycles. The van der Waals surface area contributed by atoms with Gasteiger partial charge in [-0.1, -0.05) is 12.1 Å². The van der Waals surface area contributed by atoms with Crippen molar-refractivity contribution in [3.05, 3.63) is 30.1 Å². The highest BCUT2D eigenvalue weighted by Crippen LogP contribution is 2.28. The van der Waals surface area contributed by atoms with Gasteiger partial charge in [0.2, 0.25) is 0 Å². The van der Waals surface area contributed by atoms with Crippen molar-refractivity contribution in [1.29, 1.82) is 0 Å². The number of aromatic carboxylic acids is 1. The van der Waals surface area contributed by atoms with Crippen molar-refractivity contribution < 1.29 is 14.6 Å². The lowest BCUT2D eigenvalue weighted by Crippen LogP contribution is -2.07. The Morgan fingerprint density at radius 3 is 2.63 bits per heavy atom. The number of carbonyl (C=O) groups is 1. The second-order valence-electron chi connectivity index (χ2n) is 4.35. The molecule has 0 aliphatic rings. The summed E-state index contributed by atoms with van der Waals surface area (Å²) in [7, 11) is 1.65. The summed E-state index contributed by atoms with van der Waals surface area (Å²) < 4.78 is 7.13. The maximum Gasteiger partial charge on any atom is 0.375 e.